The number of nitrogens with two attached hydrogens (primary N) is 1. The lowest BCUT2D eigenvalue weighted by Gasteiger charge is -2.30. The van der Waals surface area contributed by atoms with Crippen LogP contribution in [0.2, 0.25) is 0 Å². The van der Waals surface area contributed by atoms with Crippen molar-refractivity contribution in [1.82, 2.24) is 21.3 Å². The number of hydrogen-bond acceptors (Lipinski definition) is 17. The van der Waals surface area contributed by atoms with Crippen molar-refractivity contribution in [2.75, 3.05) is 102 Å². The summed E-state index contributed by atoms with van der Waals surface area (Å²) in [5.74, 6) is -2.61. The Bertz CT molecular complexity index is 3150. The number of anilines is 1. The number of benzene rings is 2. The van der Waals surface area contributed by atoms with Crippen molar-refractivity contribution in [2.24, 2.45) is 5.73 Å². The van der Waals surface area contributed by atoms with E-state index in [0.29, 0.717) is 125 Å². The zero-order valence-corrected chi connectivity index (χ0v) is 49.6. The third-order valence-electron chi connectivity index (χ3n) is 13.4. The molecule has 2 heterocycles. The lowest BCUT2D eigenvalue weighted by molar-refractivity contribution is -0.437. The summed E-state index contributed by atoms with van der Waals surface area (Å²) in [7, 11) is -17.9. The third-order valence-corrected chi connectivity index (χ3v) is 16.8. The first-order valence-corrected chi connectivity index (χ1v) is 32.7. The first-order valence-electron chi connectivity index (χ1n) is 26.6. The average Bonchev–Trinajstić information content (AvgIpc) is 3.09. The lowest BCUT2D eigenvalue weighted by atomic mass is 9.77. The van der Waals surface area contributed by atoms with Gasteiger partial charge in [-0.2, -0.15) is 38.2 Å². The van der Waals surface area contributed by atoms with Crippen LogP contribution >= 0.6 is 0 Å². The van der Waals surface area contributed by atoms with Crippen LogP contribution in [-0.2, 0) is 84.7 Å². The lowest BCUT2D eigenvalue weighted by Crippen LogP contribution is -2.43. The van der Waals surface area contributed by atoms with Crippen molar-refractivity contribution < 1.29 is 89.8 Å². The van der Waals surface area contributed by atoms with Gasteiger partial charge in [0.2, 0.25) is 29.3 Å². The Labute approximate surface area is 480 Å². The van der Waals surface area contributed by atoms with Crippen LogP contribution in [0, 0.1) is 0 Å². The van der Waals surface area contributed by atoms with Gasteiger partial charge in [0.1, 0.15) is 6.54 Å². The molecule has 30 heteroatoms. The number of nitrogens with zero attached hydrogens (tertiary/aromatic N) is 2. The van der Waals surface area contributed by atoms with Crippen LogP contribution in [-0.4, -0.2) is 183 Å². The predicted octanol–water partition coefficient (Wildman–Crippen LogP) is 2.09. The maximum atomic E-state index is 12.8. The summed E-state index contributed by atoms with van der Waals surface area (Å²) >= 11 is 0. The van der Waals surface area contributed by atoms with Crippen LogP contribution in [0.4, 0.5) is 11.4 Å². The quantitative estimate of drug-likeness (QED) is 0.0201. The molecule has 2 aromatic carbocycles. The number of amides is 4. The monoisotopic (exact) mass is 1230 g/mol. The van der Waals surface area contributed by atoms with E-state index in [9.17, 15) is 71.1 Å². The SMILES string of the molecule is CC1(C)C(/C=C/C=C/C=C2/N(CCCS(=O)(=O)O)c3ccc(S(=O)(=O)O)cc3C2(C)CCCCCC(=O)NCCCOCCOCCOCCCNC(=O)CNC(=O)CNC(=O)CN)=[N+](CCCS(=O)(=O)O)c2ccc(S(=O)(=O)O)cc21. The number of carbonyl (C=O) groups excluding carboxylic acids is 4. The van der Waals surface area contributed by atoms with Crippen molar-refractivity contribution >= 4 is 81.2 Å². The van der Waals surface area contributed by atoms with Crippen LogP contribution in [0.25, 0.3) is 0 Å². The largest absolute Gasteiger partial charge is 0.379 e. The molecule has 0 aliphatic carbocycles. The molecule has 0 saturated carbocycles. The first kappa shape index (κ1) is 69.0. The fourth-order valence-corrected chi connectivity index (χ4v) is 11.4. The molecule has 82 heavy (non-hydrogen) atoms. The highest BCUT2D eigenvalue weighted by atomic mass is 32.2. The normalized spacial score (nSPS) is 16.7. The zero-order chi connectivity index (χ0) is 60.8. The van der Waals surface area contributed by atoms with Gasteiger partial charge in [-0.15, -0.1) is 0 Å². The van der Waals surface area contributed by atoms with Crippen molar-refractivity contribution in [3.8, 4) is 0 Å². The van der Waals surface area contributed by atoms with Gasteiger partial charge in [-0.3, -0.25) is 37.4 Å². The molecule has 4 amide bonds. The predicted molar refractivity (Wildman–Crippen MR) is 304 cm³/mol. The second kappa shape index (κ2) is 32.0. The van der Waals surface area contributed by atoms with Crippen LogP contribution < -0.4 is 31.9 Å². The van der Waals surface area contributed by atoms with E-state index in [1.54, 1.807) is 35.0 Å². The zero-order valence-electron chi connectivity index (χ0n) is 46.3. The molecule has 1 atom stereocenters. The van der Waals surface area contributed by atoms with E-state index in [4.69, 9.17) is 19.9 Å². The molecule has 0 fully saturated rings. The molecular weight excluding hydrogens is 1150 g/mol. The van der Waals surface area contributed by atoms with Crippen molar-refractivity contribution in [3.63, 3.8) is 0 Å². The maximum Gasteiger partial charge on any atom is 0.294 e. The molecule has 0 saturated heterocycles. The molecule has 0 radical (unpaired) electrons. The van der Waals surface area contributed by atoms with Gasteiger partial charge in [0.15, 0.2) is 5.71 Å². The fourth-order valence-electron chi connectivity index (χ4n) is 9.35. The van der Waals surface area contributed by atoms with Gasteiger partial charge in [-0.25, -0.2) is 0 Å². The maximum absolute atomic E-state index is 12.8. The van der Waals surface area contributed by atoms with E-state index in [0.717, 1.165) is 0 Å². The molecule has 26 nitrogen and oxygen atoms in total. The third kappa shape index (κ3) is 22.6. The molecule has 2 aromatic rings. The number of fused-ring (bicyclic) bond motifs is 2. The Morgan fingerprint density at radius 1 is 0.610 bits per heavy atom. The molecule has 1 unspecified atom stereocenters. The molecule has 4 rings (SSSR count). The first-order chi connectivity index (χ1) is 38.5. The highest BCUT2D eigenvalue weighted by molar-refractivity contribution is 7.86. The number of ether oxygens (including phenoxy) is 3. The number of nitrogens with one attached hydrogen (secondary N) is 4. The number of unbranched alkanes of at least 4 members (excludes halogenated alkanes) is 2. The Morgan fingerprint density at radius 3 is 1.73 bits per heavy atom. The van der Waals surface area contributed by atoms with Gasteiger partial charge in [0.25, 0.3) is 40.5 Å². The second-order valence-electron chi connectivity index (χ2n) is 20.1. The van der Waals surface area contributed by atoms with Crippen molar-refractivity contribution in [3.05, 3.63) is 83.6 Å². The van der Waals surface area contributed by atoms with E-state index >= 15 is 0 Å². The molecular formula is C52H78N7O19S4+. The number of allylic oxidation sites excluding steroid dienone is 6. The summed E-state index contributed by atoms with van der Waals surface area (Å²) in [6.07, 6.45) is 12.2. The molecule has 0 bridgehead atoms. The van der Waals surface area contributed by atoms with Gasteiger partial charge >= 0.3 is 0 Å². The fraction of sp³-hybridized carbons (Fsp3) is 0.558. The summed E-state index contributed by atoms with van der Waals surface area (Å²) in [5, 5.41) is 10.2. The van der Waals surface area contributed by atoms with Crippen molar-refractivity contribution in [1.29, 1.82) is 0 Å². The Kier molecular flexibility index (Phi) is 26.9. The van der Waals surface area contributed by atoms with E-state index < -0.39 is 74.6 Å². The molecule has 2 aliphatic rings. The molecule has 2 aliphatic heterocycles. The minimum Gasteiger partial charge on any atom is -0.379 e. The van der Waals surface area contributed by atoms with Crippen LogP contribution in [0.3, 0.4) is 0 Å². The van der Waals surface area contributed by atoms with E-state index in [2.05, 4.69) is 21.3 Å². The molecule has 10 N–H and O–H groups in total. The smallest absolute Gasteiger partial charge is 0.294 e. The molecule has 0 spiro atoms. The topological polar surface area (TPSA) is 394 Å². The summed E-state index contributed by atoms with van der Waals surface area (Å²) in [6, 6.07) is 8.26. The number of hydrogen-bond donors (Lipinski definition) is 9. The number of rotatable bonds is 38. The highest BCUT2D eigenvalue weighted by Gasteiger charge is 2.46. The van der Waals surface area contributed by atoms with Gasteiger partial charge < -0.3 is 46.1 Å². The molecule has 0 aromatic heterocycles. The highest BCUT2D eigenvalue weighted by Crippen LogP contribution is 2.51. The minimum atomic E-state index is -4.65. The van der Waals surface area contributed by atoms with Gasteiger partial charge in [0.05, 0.1) is 72.8 Å². The second-order valence-corrected chi connectivity index (χ2v) is 26.1. The molecule has 458 valence electrons. The summed E-state index contributed by atoms with van der Waals surface area (Å²) in [4.78, 5) is 48.5. The summed E-state index contributed by atoms with van der Waals surface area (Å²) < 4.78 is 153. The van der Waals surface area contributed by atoms with Crippen LogP contribution in [0.1, 0.15) is 89.7 Å². The van der Waals surface area contributed by atoms with Gasteiger partial charge in [-0.05, 0) is 94.8 Å². The summed E-state index contributed by atoms with van der Waals surface area (Å²) in [6.45, 7) is 7.91. The summed E-state index contributed by atoms with van der Waals surface area (Å²) in [5.41, 5.74) is 6.85. The van der Waals surface area contributed by atoms with E-state index in [-0.39, 0.29) is 73.6 Å². The van der Waals surface area contributed by atoms with Crippen molar-refractivity contribution in [2.45, 2.75) is 99.2 Å². The average molecular weight is 1230 g/mol. The Balaban J connectivity index is 1.30. The Hall–Kier alpha value is -5.51. The van der Waals surface area contributed by atoms with Gasteiger partial charge in [0, 0.05) is 80.2 Å². The Morgan fingerprint density at radius 2 is 1.15 bits per heavy atom. The standard InChI is InChI=1S/C52H77N7O19S4/c1-51(2)41-34-39(81(70,71)72)17-19-43(41)58(24-12-32-79(64,65)66)45(51)14-6-4-7-15-46-52(3,42-35-40(82(73,74)75)18-20-44(42)59(46)25-13-33-80(67,68)69)21-9-5-8-16-47(60)54-22-10-26-76-28-30-78-31-29-77-27-11-23-55-49(62)37-57-50(63)38-56-48(61)36-53/h4,6-7,14-15,17-20,34-35H,5,8-13,16,21-33,36-38,53H2,1-3H3,(H7-,54,55,56,57,60,61,62,63,64,65,66,67,68,69,70,71,72,73,74,75)/p+1. The van der Waals surface area contributed by atoms with Crippen LogP contribution in [0.5, 0.6) is 0 Å². The van der Waals surface area contributed by atoms with E-state index in [1.807, 2.05) is 25.7 Å². The van der Waals surface area contributed by atoms with Gasteiger partial charge in [-0.1, -0.05) is 31.1 Å². The van der Waals surface area contributed by atoms with Crippen LogP contribution in [0.15, 0.2) is 82.3 Å². The minimum absolute atomic E-state index is 0.00835. The van der Waals surface area contributed by atoms with E-state index in [1.165, 1.54) is 36.4 Å². The number of carbonyl (C=O) groups is 4.